The molecule has 4 aliphatic rings. The molecule has 2 aromatic carbocycles. The molecular formula is C47H57F4N5O10S. The van der Waals surface area contributed by atoms with Gasteiger partial charge in [0.05, 0.1) is 30.7 Å². The number of pyridine rings is 1. The lowest BCUT2D eigenvalue weighted by molar-refractivity contribution is -0.244. The van der Waals surface area contributed by atoms with Crippen LogP contribution in [0.3, 0.4) is 0 Å². The molecule has 67 heavy (non-hydrogen) atoms. The van der Waals surface area contributed by atoms with Gasteiger partial charge in [0.25, 0.3) is 5.91 Å². The monoisotopic (exact) mass is 959 g/mol. The molecule has 2 aliphatic carbocycles. The lowest BCUT2D eigenvalue weighted by atomic mass is 9.88. The predicted octanol–water partition coefficient (Wildman–Crippen LogP) is 7.12. The van der Waals surface area contributed by atoms with Gasteiger partial charge in [0.2, 0.25) is 33.3 Å². The number of allylic oxidation sites excluding steroid dienone is 1. The summed E-state index contributed by atoms with van der Waals surface area (Å²) in [5.74, 6) is -4.01. The van der Waals surface area contributed by atoms with E-state index in [0.29, 0.717) is 73.7 Å². The molecule has 3 aromatic rings. The van der Waals surface area contributed by atoms with Crippen molar-refractivity contribution in [1.29, 1.82) is 0 Å². The van der Waals surface area contributed by atoms with Crippen molar-refractivity contribution in [3.8, 4) is 28.6 Å². The molecule has 3 N–H and O–H groups in total. The Bertz CT molecular complexity index is 2550. The van der Waals surface area contributed by atoms with Crippen molar-refractivity contribution in [2.45, 2.75) is 133 Å². The number of aromatic nitrogens is 1. The van der Waals surface area contributed by atoms with Crippen molar-refractivity contribution >= 4 is 44.6 Å². The largest absolute Gasteiger partial charge is 0.497 e. The number of rotatable bonds is 11. The highest BCUT2D eigenvalue weighted by molar-refractivity contribution is 7.91. The van der Waals surface area contributed by atoms with Crippen LogP contribution in [-0.4, -0.2) is 103 Å². The molecule has 1 saturated heterocycles. The van der Waals surface area contributed by atoms with Gasteiger partial charge in [0.1, 0.15) is 29.5 Å². The van der Waals surface area contributed by atoms with Crippen molar-refractivity contribution < 1.29 is 64.1 Å². The highest BCUT2D eigenvalue weighted by Gasteiger charge is 2.62. The van der Waals surface area contributed by atoms with E-state index in [4.69, 9.17) is 23.9 Å². The minimum absolute atomic E-state index is 0.0427. The number of fused-ring (bicyclic) bond motifs is 3. The number of alkyl halides is 3. The van der Waals surface area contributed by atoms with Gasteiger partial charge in [0, 0.05) is 23.3 Å². The first-order valence-electron chi connectivity index (χ1n) is 22.4. The number of alkyl carbamates (subject to hydrolysis) is 1. The Morgan fingerprint density at radius 3 is 2.40 bits per heavy atom. The maximum absolute atomic E-state index is 15.3. The minimum Gasteiger partial charge on any atom is -0.497 e. The number of nitrogens with zero attached hydrogens (tertiary/aromatic N) is 2. The quantitative estimate of drug-likeness (QED) is 0.131. The van der Waals surface area contributed by atoms with Crippen LogP contribution in [-0.2, 0) is 29.1 Å². The fourth-order valence-electron chi connectivity index (χ4n) is 8.68. The molecule has 0 spiro atoms. The fourth-order valence-corrected chi connectivity index (χ4v) is 10.0. The summed E-state index contributed by atoms with van der Waals surface area (Å²) in [6.45, 7) is 8.16. The fraction of sp³-hybridized carbons (Fsp3) is 0.553. The lowest BCUT2D eigenvalue weighted by Gasteiger charge is -2.34. The van der Waals surface area contributed by atoms with Crippen molar-refractivity contribution in [2.75, 3.05) is 13.7 Å². The highest BCUT2D eigenvalue weighted by atomic mass is 32.2. The SMILES string of the molecule is COc1ccc2c(OC3CC4C(=O)NC5(C(=O)NS(=O)(=O)C6CC6)CC5C=CCCC(C)CC(C)C(NC(=O)OC(C)(C)C(F)(F)F)C(=O)N4C3)nc(-c3ccc(OC(C)C)c(F)c3)cc2c1. The van der Waals surface area contributed by atoms with Gasteiger partial charge >= 0.3 is 12.3 Å². The van der Waals surface area contributed by atoms with E-state index < -0.39 is 92.2 Å². The van der Waals surface area contributed by atoms with E-state index in [1.54, 1.807) is 57.2 Å². The zero-order valence-electron chi connectivity index (χ0n) is 38.4. The topological polar surface area (TPSA) is 192 Å². The standard InChI is InChI=1S/C47H57F4N5O10S/c1-25(2)64-38-17-12-28(20-35(38)48)36-21-29-19-31(63-7)13-16-34(29)41(52-36)65-32-22-37-40(57)54-46(43(59)55-67(61,62)33-14-15-33)23-30(46)11-9-8-10-26(3)18-27(4)39(42(58)56(37)24-32)53-44(60)66-45(5,6)47(49,50)51/h9,11-13,16-17,19-21,25-27,30,32-33,37,39H,8,10,14-15,18,22-24H2,1-7H3,(H,53,60)(H,54,57)(H,55,59). The molecule has 4 amide bonds. The van der Waals surface area contributed by atoms with Gasteiger partial charge in [-0.05, 0) is 126 Å². The van der Waals surface area contributed by atoms with Crippen LogP contribution in [0.15, 0.2) is 54.6 Å². The van der Waals surface area contributed by atoms with E-state index in [2.05, 4.69) is 15.4 Å². The smallest absolute Gasteiger partial charge is 0.427 e. The summed E-state index contributed by atoms with van der Waals surface area (Å²) in [7, 11) is -2.54. The predicted molar refractivity (Wildman–Crippen MR) is 238 cm³/mol. The Morgan fingerprint density at radius 1 is 1.01 bits per heavy atom. The molecule has 2 aliphatic heterocycles. The van der Waals surface area contributed by atoms with Crippen LogP contribution in [0, 0.1) is 23.6 Å². The summed E-state index contributed by atoms with van der Waals surface area (Å²) in [5.41, 5.74) is -3.95. The Morgan fingerprint density at radius 2 is 1.75 bits per heavy atom. The zero-order chi connectivity index (χ0) is 48.8. The number of sulfonamides is 1. The third-order valence-electron chi connectivity index (χ3n) is 12.8. The van der Waals surface area contributed by atoms with Crippen LogP contribution in [0.2, 0.25) is 0 Å². The van der Waals surface area contributed by atoms with Crippen LogP contribution < -0.4 is 29.6 Å². The minimum atomic E-state index is -4.95. The molecular weight excluding hydrogens is 903 g/mol. The summed E-state index contributed by atoms with van der Waals surface area (Å²) >= 11 is 0. The van der Waals surface area contributed by atoms with Gasteiger partial charge < -0.3 is 34.5 Å². The van der Waals surface area contributed by atoms with E-state index in [1.165, 1.54) is 19.2 Å². The average molecular weight is 960 g/mol. The number of benzene rings is 2. The molecule has 7 rings (SSSR count). The van der Waals surface area contributed by atoms with Gasteiger partial charge in [-0.25, -0.2) is 22.6 Å². The Labute approximate surface area is 386 Å². The number of ether oxygens (including phenoxy) is 4. The third-order valence-corrected chi connectivity index (χ3v) is 14.6. The van der Waals surface area contributed by atoms with Crippen molar-refractivity contribution in [1.82, 2.24) is 25.2 Å². The van der Waals surface area contributed by atoms with E-state index in [0.717, 1.165) is 4.90 Å². The summed E-state index contributed by atoms with van der Waals surface area (Å²) < 4.78 is 108. The van der Waals surface area contributed by atoms with Crippen molar-refractivity contribution in [3.63, 3.8) is 0 Å². The molecule has 7 unspecified atom stereocenters. The van der Waals surface area contributed by atoms with E-state index in [-0.39, 0.29) is 43.0 Å². The van der Waals surface area contributed by atoms with Crippen LogP contribution in [0.1, 0.15) is 86.5 Å². The molecule has 0 bridgehead atoms. The molecule has 15 nitrogen and oxygen atoms in total. The Hall–Kier alpha value is -5.66. The maximum Gasteiger partial charge on any atom is 0.427 e. The lowest BCUT2D eigenvalue weighted by Crippen LogP contribution is -2.59. The van der Waals surface area contributed by atoms with E-state index in [1.807, 2.05) is 13.0 Å². The van der Waals surface area contributed by atoms with E-state index in [9.17, 15) is 40.8 Å². The first-order valence-corrected chi connectivity index (χ1v) is 24.0. The average Bonchev–Trinajstić information content (AvgIpc) is 4.17. The van der Waals surface area contributed by atoms with Gasteiger partial charge in [0.15, 0.2) is 11.6 Å². The first kappa shape index (κ1) is 49.3. The molecule has 1 aromatic heterocycles. The second-order valence-electron chi connectivity index (χ2n) is 19.0. The number of nitrogens with one attached hydrogen (secondary N) is 3. The molecule has 3 heterocycles. The number of hydrogen-bond acceptors (Lipinski definition) is 11. The van der Waals surface area contributed by atoms with E-state index >= 15 is 4.39 Å². The summed E-state index contributed by atoms with van der Waals surface area (Å²) in [5, 5.41) is 5.50. The number of hydrogen-bond donors (Lipinski definition) is 3. The summed E-state index contributed by atoms with van der Waals surface area (Å²) in [6, 6.07) is 8.28. The number of carbonyl (C=O) groups excluding carboxylic acids is 4. The first-order chi connectivity index (χ1) is 31.4. The summed E-state index contributed by atoms with van der Waals surface area (Å²) in [6.07, 6.45) is -2.10. The van der Waals surface area contributed by atoms with Crippen LogP contribution in [0.25, 0.3) is 22.0 Å². The number of methoxy groups -OCH3 is 1. The molecule has 3 fully saturated rings. The van der Waals surface area contributed by atoms with Crippen LogP contribution in [0.4, 0.5) is 22.4 Å². The second kappa shape index (κ2) is 18.8. The number of carbonyl (C=O) groups is 4. The third kappa shape index (κ3) is 10.9. The zero-order valence-corrected chi connectivity index (χ0v) is 39.2. The van der Waals surface area contributed by atoms with Crippen LogP contribution >= 0.6 is 0 Å². The normalized spacial score (nSPS) is 26.1. The molecule has 2 saturated carbocycles. The summed E-state index contributed by atoms with van der Waals surface area (Å²) in [4.78, 5) is 62.9. The molecule has 7 atom stereocenters. The Kier molecular flexibility index (Phi) is 13.8. The molecule has 0 radical (unpaired) electrons. The van der Waals surface area contributed by atoms with Crippen molar-refractivity contribution in [3.05, 3.63) is 60.4 Å². The van der Waals surface area contributed by atoms with Gasteiger partial charge in [-0.2, -0.15) is 13.2 Å². The van der Waals surface area contributed by atoms with Gasteiger partial charge in [-0.15, -0.1) is 0 Å². The molecule has 20 heteroatoms. The Balaban J connectivity index is 1.27. The maximum atomic E-state index is 15.3. The number of amides is 4. The van der Waals surface area contributed by atoms with Crippen LogP contribution in [0.5, 0.6) is 17.4 Å². The number of halogens is 4. The highest BCUT2D eigenvalue weighted by Crippen LogP contribution is 2.46. The van der Waals surface area contributed by atoms with Gasteiger partial charge in [-0.3, -0.25) is 19.1 Å². The van der Waals surface area contributed by atoms with Crippen molar-refractivity contribution in [2.24, 2.45) is 17.8 Å². The van der Waals surface area contributed by atoms with Gasteiger partial charge in [-0.1, -0.05) is 26.0 Å². The molecule has 364 valence electrons. The second-order valence-corrected chi connectivity index (χ2v) is 20.9.